The summed E-state index contributed by atoms with van der Waals surface area (Å²) in [5.41, 5.74) is 7.26. The van der Waals surface area contributed by atoms with Crippen molar-refractivity contribution in [3.05, 3.63) is 34.3 Å². The van der Waals surface area contributed by atoms with Crippen molar-refractivity contribution in [2.45, 2.75) is 31.6 Å². The van der Waals surface area contributed by atoms with Gasteiger partial charge in [-0.05, 0) is 36.6 Å². The Balaban J connectivity index is 2.83. The highest BCUT2D eigenvalue weighted by Gasteiger charge is 2.15. The highest BCUT2D eigenvalue weighted by atomic mass is 35.5. The number of aryl methyl sites for hydroxylation is 1. The lowest BCUT2D eigenvalue weighted by Gasteiger charge is -2.15. The number of hydrogen-bond donors (Lipinski definition) is 3. The molecule has 110 valence electrons. The largest absolute Gasteiger partial charge is 0.481 e. The number of hydrogen-bond acceptors (Lipinski definition) is 3. The lowest BCUT2D eigenvalue weighted by atomic mass is 9.93. The predicted molar refractivity (Wildman–Crippen MR) is 76.1 cm³/mol. The molecular formula is C14H18ClNO4. The maximum Gasteiger partial charge on any atom is 0.304 e. The Hall–Kier alpha value is -1.59. The number of benzene rings is 1. The molecule has 1 rings (SSSR count). The number of rotatable bonds is 8. The predicted octanol–water partition coefficient (Wildman–Crippen LogP) is 2.26. The van der Waals surface area contributed by atoms with Crippen molar-refractivity contribution in [2.24, 2.45) is 5.73 Å². The SMILES string of the molecule is NCC(CC(=O)O)c1ccc(Cl)c(CCCC(=O)O)c1. The third kappa shape index (κ3) is 5.19. The zero-order chi connectivity index (χ0) is 15.1. The molecule has 1 aromatic carbocycles. The molecule has 5 nitrogen and oxygen atoms in total. The number of carboxylic acid groups (broad SMARTS) is 2. The molecule has 1 atom stereocenters. The van der Waals surface area contributed by atoms with Crippen LogP contribution in [0.1, 0.15) is 36.3 Å². The highest BCUT2D eigenvalue weighted by molar-refractivity contribution is 6.31. The van der Waals surface area contributed by atoms with Gasteiger partial charge in [0, 0.05) is 17.4 Å². The molecular weight excluding hydrogens is 282 g/mol. The molecule has 1 unspecified atom stereocenters. The second kappa shape index (κ2) is 7.87. The van der Waals surface area contributed by atoms with Gasteiger partial charge in [0.1, 0.15) is 0 Å². The van der Waals surface area contributed by atoms with Gasteiger partial charge >= 0.3 is 11.9 Å². The smallest absolute Gasteiger partial charge is 0.304 e. The number of nitrogens with two attached hydrogens (primary N) is 1. The van der Waals surface area contributed by atoms with E-state index in [1.807, 2.05) is 6.07 Å². The van der Waals surface area contributed by atoms with Crippen LogP contribution in [0.5, 0.6) is 0 Å². The van der Waals surface area contributed by atoms with E-state index in [9.17, 15) is 9.59 Å². The van der Waals surface area contributed by atoms with Crippen LogP contribution in [0.25, 0.3) is 0 Å². The molecule has 0 saturated heterocycles. The number of aliphatic carboxylic acids is 2. The average Bonchev–Trinajstić information content (AvgIpc) is 2.37. The van der Waals surface area contributed by atoms with E-state index in [0.29, 0.717) is 17.9 Å². The van der Waals surface area contributed by atoms with Gasteiger partial charge in [-0.1, -0.05) is 23.7 Å². The summed E-state index contributed by atoms with van der Waals surface area (Å²) < 4.78 is 0. The van der Waals surface area contributed by atoms with Gasteiger partial charge in [0.25, 0.3) is 0 Å². The van der Waals surface area contributed by atoms with E-state index in [1.54, 1.807) is 12.1 Å². The first-order valence-electron chi connectivity index (χ1n) is 6.36. The van der Waals surface area contributed by atoms with Gasteiger partial charge in [0.15, 0.2) is 0 Å². The summed E-state index contributed by atoms with van der Waals surface area (Å²) in [5.74, 6) is -2.01. The number of carbonyl (C=O) groups is 2. The van der Waals surface area contributed by atoms with Crippen LogP contribution in [0.15, 0.2) is 18.2 Å². The van der Waals surface area contributed by atoms with E-state index in [0.717, 1.165) is 11.1 Å². The molecule has 0 aliphatic heterocycles. The van der Waals surface area contributed by atoms with Crippen molar-refractivity contribution in [1.82, 2.24) is 0 Å². The lowest BCUT2D eigenvalue weighted by Crippen LogP contribution is -2.16. The minimum atomic E-state index is -0.900. The van der Waals surface area contributed by atoms with Gasteiger partial charge in [-0.2, -0.15) is 0 Å². The second-order valence-corrected chi connectivity index (χ2v) is 5.04. The van der Waals surface area contributed by atoms with Gasteiger partial charge in [0.05, 0.1) is 6.42 Å². The van der Waals surface area contributed by atoms with E-state index in [2.05, 4.69) is 0 Å². The molecule has 4 N–H and O–H groups in total. The molecule has 0 spiro atoms. The van der Waals surface area contributed by atoms with Crippen LogP contribution < -0.4 is 5.73 Å². The van der Waals surface area contributed by atoms with Crippen LogP contribution in [0.3, 0.4) is 0 Å². The monoisotopic (exact) mass is 299 g/mol. The number of halogens is 1. The third-order valence-corrected chi connectivity index (χ3v) is 3.45. The standard InChI is InChI=1S/C14H18ClNO4/c15-12-5-4-9(11(8-16)7-14(19)20)6-10(12)2-1-3-13(17)18/h4-6,11H,1-3,7-8,16H2,(H,17,18)(H,19,20). The van der Waals surface area contributed by atoms with Crippen molar-refractivity contribution in [2.75, 3.05) is 6.54 Å². The van der Waals surface area contributed by atoms with Crippen molar-refractivity contribution >= 4 is 23.5 Å². The number of carboxylic acids is 2. The minimum absolute atomic E-state index is 0.0350. The van der Waals surface area contributed by atoms with E-state index in [-0.39, 0.29) is 25.3 Å². The summed E-state index contributed by atoms with van der Waals surface area (Å²) in [6.07, 6.45) is 1.08. The maximum atomic E-state index is 10.8. The zero-order valence-corrected chi connectivity index (χ0v) is 11.8. The fourth-order valence-electron chi connectivity index (χ4n) is 2.02. The fourth-order valence-corrected chi connectivity index (χ4v) is 2.23. The summed E-state index contributed by atoms with van der Waals surface area (Å²) in [7, 11) is 0. The molecule has 1 aromatic rings. The quantitative estimate of drug-likeness (QED) is 0.683. The third-order valence-electron chi connectivity index (χ3n) is 3.08. The van der Waals surface area contributed by atoms with Gasteiger partial charge < -0.3 is 15.9 Å². The van der Waals surface area contributed by atoms with Crippen LogP contribution >= 0.6 is 11.6 Å². The van der Waals surface area contributed by atoms with Gasteiger partial charge in [-0.15, -0.1) is 0 Å². The Morgan fingerprint density at radius 3 is 2.50 bits per heavy atom. The Kier molecular flexibility index (Phi) is 6.48. The topological polar surface area (TPSA) is 101 Å². The van der Waals surface area contributed by atoms with Crippen LogP contribution in [0.4, 0.5) is 0 Å². The Bertz CT molecular complexity index is 490. The van der Waals surface area contributed by atoms with Gasteiger partial charge in [-0.3, -0.25) is 9.59 Å². The van der Waals surface area contributed by atoms with E-state index < -0.39 is 11.9 Å². The Morgan fingerprint density at radius 2 is 1.95 bits per heavy atom. The van der Waals surface area contributed by atoms with E-state index in [1.165, 1.54) is 0 Å². The van der Waals surface area contributed by atoms with Gasteiger partial charge in [0.2, 0.25) is 0 Å². The van der Waals surface area contributed by atoms with Crippen LogP contribution in [-0.4, -0.2) is 28.7 Å². The molecule has 0 bridgehead atoms. The minimum Gasteiger partial charge on any atom is -0.481 e. The second-order valence-electron chi connectivity index (χ2n) is 4.63. The van der Waals surface area contributed by atoms with Crippen molar-refractivity contribution in [1.29, 1.82) is 0 Å². The maximum absolute atomic E-state index is 10.8. The van der Waals surface area contributed by atoms with Crippen molar-refractivity contribution < 1.29 is 19.8 Å². The first-order valence-corrected chi connectivity index (χ1v) is 6.73. The van der Waals surface area contributed by atoms with Crippen molar-refractivity contribution in [3.8, 4) is 0 Å². The molecule has 0 aromatic heterocycles. The molecule has 0 heterocycles. The fraction of sp³-hybridized carbons (Fsp3) is 0.429. The first-order chi connectivity index (χ1) is 9.43. The molecule has 0 aliphatic carbocycles. The molecule has 6 heteroatoms. The highest BCUT2D eigenvalue weighted by Crippen LogP contribution is 2.25. The molecule has 0 saturated carbocycles. The Morgan fingerprint density at radius 1 is 1.25 bits per heavy atom. The summed E-state index contributed by atoms with van der Waals surface area (Å²) >= 11 is 6.07. The van der Waals surface area contributed by atoms with Crippen LogP contribution in [0, 0.1) is 0 Å². The molecule has 0 radical (unpaired) electrons. The molecule has 20 heavy (non-hydrogen) atoms. The lowest BCUT2D eigenvalue weighted by molar-refractivity contribution is -0.138. The zero-order valence-electron chi connectivity index (χ0n) is 11.0. The molecule has 0 amide bonds. The summed E-state index contributed by atoms with van der Waals surface area (Å²) in [6, 6.07) is 5.30. The summed E-state index contributed by atoms with van der Waals surface area (Å²) in [5, 5.41) is 18.0. The summed E-state index contributed by atoms with van der Waals surface area (Å²) in [4.78, 5) is 21.3. The van der Waals surface area contributed by atoms with E-state index >= 15 is 0 Å². The summed E-state index contributed by atoms with van der Waals surface area (Å²) in [6.45, 7) is 0.239. The van der Waals surface area contributed by atoms with Crippen molar-refractivity contribution in [3.63, 3.8) is 0 Å². The normalized spacial score (nSPS) is 12.1. The average molecular weight is 300 g/mol. The molecule has 0 aliphatic rings. The molecule has 0 fully saturated rings. The van der Waals surface area contributed by atoms with Gasteiger partial charge in [-0.25, -0.2) is 0 Å². The van der Waals surface area contributed by atoms with Crippen LogP contribution in [0.2, 0.25) is 5.02 Å². The van der Waals surface area contributed by atoms with E-state index in [4.69, 9.17) is 27.5 Å². The first kappa shape index (κ1) is 16.5. The Labute approximate surface area is 122 Å². The van der Waals surface area contributed by atoms with Crippen LogP contribution in [-0.2, 0) is 16.0 Å².